The molecule has 0 saturated carbocycles. The zero-order chi connectivity index (χ0) is 20.1. The molecule has 0 aliphatic carbocycles. The van der Waals surface area contributed by atoms with Gasteiger partial charge in [-0.05, 0) is 43.4 Å². The van der Waals surface area contributed by atoms with Gasteiger partial charge >= 0.3 is 0 Å². The van der Waals surface area contributed by atoms with E-state index in [2.05, 4.69) is 39.5 Å². The molecule has 3 rings (SSSR count). The summed E-state index contributed by atoms with van der Waals surface area (Å²) in [5.41, 5.74) is 5.62. The third-order valence-corrected chi connectivity index (χ3v) is 4.66. The Labute approximate surface area is 167 Å². The maximum absolute atomic E-state index is 12.9. The first-order valence-corrected chi connectivity index (χ1v) is 9.45. The third kappa shape index (κ3) is 4.61. The van der Waals surface area contributed by atoms with Crippen LogP contribution in [-0.4, -0.2) is 57.1 Å². The zero-order valence-electron chi connectivity index (χ0n) is 17.0. The Hall–Kier alpha value is -3.05. The largest absolute Gasteiger partial charge is 0.378 e. The predicted molar refractivity (Wildman–Crippen MR) is 117 cm³/mol. The fourth-order valence-corrected chi connectivity index (χ4v) is 3.05. The fraction of sp³-hybridized carbons (Fsp3) is 0.261. The van der Waals surface area contributed by atoms with E-state index in [1.165, 1.54) is 0 Å². The van der Waals surface area contributed by atoms with Crippen molar-refractivity contribution < 1.29 is 4.79 Å². The number of hydrogen-bond acceptors (Lipinski definition) is 3. The van der Waals surface area contributed by atoms with Crippen LogP contribution in [0.4, 0.5) is 5.69 Å². The van der Waals surface area contributed by atoms with Crippen molar-refractivity contribution in [3.8, 4) is 22.5 Å². The quantitative estimate of drug-likeness (QED) is 0.661. The van der Waals surface area contributed by atoms with Crippen LogP contribution in [0.25, 0.3) is 22.5 Å². The Balaban J connectivity index is 1.94. The monoisotopic (exact) mass is 376 g/mol. The minimum atomic E-state index is -0.0619. The Kier molecular flexibility index (Phi) is 6.16. The number of nitrogens with zero attached hydrogens (tertiary/aromatic N) is 2. The summed E-state index contributed by atoms with van der Waals surface area (Å²) in [6.45, 7) is 1.41. The average Bonchev–Trinajstić information content (AvgIpc) is 3.14. The van der Waals surface area contributed by atoms with E-state index in [4.69, 9.17) is 0 Å². The third-order valence-electron chi connectivity index (χ3n) is 4.66. The van der Waals surface area contributed by atoms with Crippen LogP contribution in [0.15, 0.2) is 60.7 Å². The van der Waals surface area contributed by atoms with Crippen LogP contribution >= 0.6 is 0 Å². The molecule has 5 heteroatoms. The molecule has 0 saturated heterocycles. The number of nitrogens with one attached hydrogen (secondary N) is 2. The second kappa shape index (κ2) is 8.76. The number of likely N-dealkylation sites (N-methyl/N-ethyl adjacent to an activating group) is 1. The summed E-state index contributed by atoms with van der Waals surface area (Å²) in [4.78, 5) is 20.4. The molecule has 0 bridgehead atoms. The maximum Gasteiger partial charge on any atom is 0.253 e. The lowest BCUT2D eigenvalue weighted by Gasteiger charge is -2.12. The highest BCUT2D eigenvalue weighted by atomic mass is 16.1. The van der Waals surface area contributed by atoms with Crippen LogP contribution in [-0.2, 0) is 0 Å². The van der Waals surface area contributed by atoms with Gasteiger partial charge in [-0.25, -0.2) is 0 Å². The summed E-state index contributed by atoms with van der Waals surface area (Å²) >= 11 is 0. The van der Waals surface area contributed by atoms with E-state index < -0.39 is 0 Å². The molecule has 146 valence electrons. The zero-order valence-corrected chi connectivity index (χ0v) is 17.0. The van der Waals surface area contributed by atoms with Crippen molar-refractivity contribution in [3.63, 3.8) is 0 Å². The van der Waals surface area contributed by atoms with E-state index in [9.17, 15) is 4.79 Å². The second-order valence-electron chi connectivity index (χ2n) is 7.34. The number of carbonyl (C=O) groups excluding carboxylic acids is 1. The van der Waals surface area contributed by atoms with Gasteiger partial charge in [0.15, 0.2) is 0 Å². The van der Waals surface area contributed by atoms with Crippen molar-refractivity contribution in [1.29, 1.82) is 0 Å². The fourth-order valence-electron chi connectivity index (χ4n) is 3.05. The summed E-state index contributed by atoms with van der Waals surface area (Å²) in [6, 6.07) is 20.2. The Morgan fingerprint density at radius 3 is 2.21 bits per heavy atom. The number of carbonyl (C=O) groups is 1. The number of anilines is 1. The highest BCUT2D eigenvalue weighted by molar-refractivity contribution is 6.01. The highest BCUT2D eigenvalue weighted by Gasteiger charge is 2.17. The van der Waals surface area contributed by atoms with E-state index in [0.29, 0.717) is 12.1 Å². The van der Waals surface area contributed by atoms with Gasteiger partial charge in [-0.3, -0.25) is 4.79 Å². The first-order chi connectivity index (χ1) is 13.5. The summed E-state index contributed by atoms with van der Waals surface area (Å²) in [5.74, 6) is -0.0619. The van der Waals surface area contributed by atoms with Gasteiger partial charge in [0.25, 0.3) is 5.91 Å². The Morgan fingerprint density at radius 1 is 0.929 bits per heavy atom. The summed E-state index contributed by atoms with van der Waals surface area (Å²) < 4.78 is 0. The van der Waals surface area contributed by atoms with Crippen LogP contribution in [0.2, 0.25) is 0 Å². The predicted octanol–water partition coefficient (Wildman–Crippen LogP) is 3.71. The number of amides is 1. The van der Waals surface area contributed by atoms with Gasteiger partial charge in [-0.15, -0.1) is 0 Å². The van der Waals surface area contributed by atoms with Crippen LogP contribution in [0.3, 0.4) is 0 Å². The molecular formula is C23H28N4O. The molecule has 28 heavy (non-hydrogen) atoms. The van der Waals surface area contributed by atoms with Crippen molar-refractivity contribution >= 4 is 11.6 Å². The molecule has 2 aromatic carbocycles. The van der Waals surface area contributed by atoms with Gasteiger partial charge in [-0.2, -0.15) is 0 Å². The van der Waals surface area contributed by atoms with Crippen LogP contribution < -0.4 is 10.2 Å². The number of aromatic nitrogens is 1. The summed E-state index contributed by atoms with van der Waals surface area (Å²) in [6.07, 6.45) is 0. The normalized spacial score (nSPS) is 10.9. The standard InChI is InChI=1S/C23H28N4O/c1-26(2)15-14-24-23(28)20-16-21(17-10-12-19(13-11-17)27(3)4)25-22(20)18-8-6-5-7-9-18/h5-13,16,25H,14-15H2,1-4H3,(H,24,28). The second-order valence-corrected chi connectivity index (χ2v) is 7.34. The topological polar surface area (TPSA) is 51.4 Å². The molecule has 0 atom stereocenters. The molecule has 0 aliphatic heterocycles. The molecule has 0 unspecified atom stereocenters. The van der Waals surface area contributed by atoms with Gasteiger partial charge < -0.3 is 20.1 Å². The minimum absolute atomic E-state index is 0.0619. The number of hydrogen-bond donors (Lipinski definition) is 2. The summed E-state index contributed by atoms with van der Waals surface area (Å²) in [7, 11) is 8.03. The molecule has 5 nitrogen and oxygen atoms in total. The molecular weight excluding hydrogens is 348 g/mol. The van der Waals surface area contributed by atoms with Crippen LogP contribution in [0.1, 0.15) is 10.4 Å². The molecule has 1 heterocycles. The molecule has 3 aromatic rings. The van der Waals surface area contributed by atoms with E-state index in [-0.39, 0.29) is 5.91 Å². The average molecular weight is 377 g/mol. The van der Waals surface area contributed by atoms with Crippen molar-refractivity contribution in [3.05, 3.63) is 66.2 Å². The number of benzene rings is 2. The van der Waals surface area contributed by atoms with Crippen molar-refractivity contribution in [1.82, 2.24) is 15.2 Å². The van der Waals surface area contributed by atoms with Crippen molar-refractivity contribution in [2.45, 2.75) is 0 Å². The Morgan fingerprint density at radius 2 is 1.61 bits per heavy atom. The smallest absolute Gasteiger partial charge is 0.253 e. The molecule has 0 radical (unpaired) electrons. The minimum Gasteiger partial charge on any atom is -0.378 e. The SMILES string of the molecule is CN(C)CCNC(=O)c1cc(-c2ccc(N(C)C)cc2)[nH]c1-c1ccccc1. The first kappa shape index (κ1) is 19.7. The lowest BCUT2D eigenvalue weighted by atomic mass is 10.1. The number of H-pyrrole nitrogens is 1. The van der Waals surface area contributed by atoms with E-state index in [1.807, 2.05) is 69.5 Å². The van der Waals surface area contributed by atoms with E-state index >= 15 is 0 Å². The van der Waals surface area contributed by atoms with Crippen LogP contribution in [0.5, 0.6) is 0 Å². The lowest BCUT2D eigenvalue weighted by molar-refractivity contribution is 0.0952. The summed E-state index contributed by atoms with van der Waals surface area (Å²) in [5, 5.41) is 3.02. The van der Waals surface area contributed by atoms with Gasteiger partial charge in [0, 0.05) is 38.6 Å². The van der Waals surface area contributed by atoms with Gasteiger partial charge in [-0.1, -0.05) is 42.5 Å². The van der Waals surface area contributed by atoms with Crippen molar-refractivity contribution in [2.75, 3.05) is 46.2 Å². The van der Waals surface area contributed by atoms with Gasteiger partial charge in [0.2, 0.25) is 0 Å². The van der Waals surface area contributed by atoms with Gasteiger partial charge in [0.1, 0.15) is 0 Å². The highest BCUT2D eigenvalue weighted by Crippen LogP contribution is 2.30. The lowest BCUT2D eigenvalue weighted by Crippen LogP contribution is -2.31. The van der Waals surface area contributed by atoms with Crippen LogP contribution in [0, 0.1) is 0 Å². The molecule has 1 aromatic heterocycles. The molecule has 0 fully saturated rings. The first-order valence-electron chi connectivity index (χ1n) is 9.45. The van der Waals surface area contributed by atoms with E-state index in [0.717, 1.165) is 34.7 Å². The van der Waals surface area contributed by atoms with Gasteiger partial charge in [0.05, 0.1) is 11.3 Å². The maximum atomic E-state index is 12.9. The number of aromatic amines is 1. The van der Waals surface area contributed by atoms with E-state index in [1.54, 1.807) is 0 Å². The molecule has 0 aliphatic rings. The molecule has 2 N–H and O–H groups in total. The molecule has 0 spiro atoms. The Bertz CT molecular complexity index is 912. The van der Waals surface area contributed by atoms with Crippen molar-refractivity contribution in [2.24, 2.45) is 0 Å². The number of rotatable bonds is 7. The molecule has 1 amide bonds.